The summed E-state index contributed by atoms with van der Waals surface area (Å²) < 4.78 is 34.8. The second kappa shape index (κ2) is 11.3. The molecule has 0 bridgehead atoms. The Morgan fingerprint density at radius 2 is 2.16 bits per heavy atom. The van der Waals surface area contributed by atoms with Gasteiger partial charge in [-0.1, -0.05) is 5.21 Å². The Bertz CT molecular complexity index is 1320. The zero-order valence-electron chi connectivity index (χ0n) is 19.9. The number of hydrogen-bond acceptors (Lipinski definition) is 8. The Morgan fingerprint density at radius 3 is 2.95 bits per heavy atom. The first-order valence-electron chi connectivity index (χ1n) is 11.8. The standard InChI is InChI=1S/C24H26F2N8O3/c25-24(26)11-17(12-28)34(15-24)22(35)13-30-23(36)19-5-7-29-21-3-2-18(10-20(19)21)37-9-1-8-33-14-16(4-6-27)31-32-33/h2-3,5,7,10,14,17H,1,4,6,8-9,11,13,15,27H2,(H,30,36)/t17-/m0/s1. The second-order valence-corrected chi connectivity index (χ2v) is 8.66. The van der Waals surface area contributed by atoms with E-state index in [9.17, 15) is 18.4 Å². The number of carbonyl (C=O) groups excluding carboxylic acids is 2. The molecule has 11 nitrogen and oxygen atoms in total. The van der Waals surface area contributed by atoms with Crippen molar-refractivity contribution >= 4 is 22.7 Å². The Kier molecular flexibility index (Phi) is 7.88. The van der Waals surface area contributed by atoms with Crippen molar-refractivity contribution in [2.75, 3.05) is 26.2 Å². The van der Waals surface area contributed by atoms with Gasteiger partial charge in [0.2, 0.25) is 5.91 Å². The van der Waals surface area contributed by atoms with Crippen molar-refractivity contribution in [3.63, 3.8) is 0 Å². The molecule has 1 aliphatic rings. The molecular formula is C24H26F2N8O3. The van der Waals surface area contributed by atoms with Crippen LogP contribution in [0.3, 0.4) is 0 Å². The number of fused-ring (bicyclic) bond motifs is 1. The molecule has 1 fully saturated rings. The highest BCUT2D eigenvalue weighted by Crippen LogP contribution is 2.31. The van der Waals surface area contributed by atoms with E-state index >= 15 is 0 Å². The van der Waals surface area contributed by atoms with Crippen LogP contribution >= 0.6 is 0 Å². The van der Waals surface area contributed by atoms with Crippen LogP contribution in [0.2, 0.25) is 0 Å². The van der Waals surface area contributed by atoms with Crippen LogP contribution < -0.4 is 15.8 Å². The number of nitrogens with two attached hydrogens (primary N) is 1. The summed E-state index contributed by atoms with van der Waals surface area (Å²) in [5.74, 6) is -3.91. The van der Waals surface area contributed by atoms with Crippen molar-refractivity contribution in [2.45, 2.75) is 37.8 Å². The number of carbonyl (C=O) groups is 2. The smallest absolute Gasteiger partial charge is 0.268 e. The molecule has 3 heterocycles. The van der Waals surface area contributed by atoms with Crippen LogP contribution in [0.4, 0.5) is 8.78 Å². The molecule has 1 aliphatic heterocycles. The number of ether oxygens (including phenoxy) is 1. The van der Waals surface area contributed by atoms with Gasteiger partial charge < -0.3 is 20.7 Å². The molecule has 13 heteroatoms. The SMILES string of the molecule is N#C[C@@H]1CC(F)(F)CN1C(=O)CNC(=O)c1ccnc2ccc(OCCCn3cc(CCN)nn3)cc12. The number of nitrogens with one attached hydrogen (secondary N) is 1. The number of amides is 2. The van der Waals surface area contributed by atoms with E-state index in [1.807, 2.05) is 6.20 Å². The third-order valence-corrected chi connectivity index (χ3v) is 5.88. The fourth-order valence-electron chi connectivity index (χ4n) is 4.09. The molecule has 37 heavy (non-hydrogen) atoms. The summed E-state index contributed by atoms with van der Waals surface area (Å²) in [7, 11) is 0. The third kappa shape index (κ3) is 6.34. The number of halogens is 2. The number of rotatable bonds is 10. The van der Waals surface area contributed by atoms with Crippen molar-refractivity contribution in [3.8, 4) is 11.8 Å². The highest BCUT2D eigenvalue weighted by atomic mass is 19.3. The molecule has 1 atom stereocenters. The number of hydrogen-bond donors (Lipinski definition) is 2. The molecular weight excluding hydrogens is 486 g/mol. The van der Waals surface area contributed by atoms with Gasteiger partial charge in [-0.25, -0.2) is 8.78 Å². The zero-order chi connectivity index (χ0) is 26.4. The number of likely N-dealkylation sites (tertiary alicyclic amines) is 1. The largest absolute Gasteiger partial charge is 0.494 e. The molecule has 4 rings (SSSR count). The van der Waals surface area contributed by atoms with E-state index < -0.39 is 43.3 Å². The van der Waals surface area contributed by atoms with E-state index in [2.05, 4.69) is 20.6 Å². The summed E-state index contributed by atoms with van der Waals surface area (Å²) in [4.78, 5) is 30.3. The van der Waals surface area contributed by atoms with E-state index in [1.165, 1.54) is 12.3 Å². The number of aryl methyl sites for hydroxylation is 1. The first kappa shape index (κ1) is 25.9. The normalized spacial score (nSPS) is 16.5. The van der Waals surface area contributed by atoms with Crippen molar-refractivity contribution < 1.29 is 23.1 Å². The number of nitriles is 1. The number of nitrogens with zero attached hydrogens (tertiary/aromatic N) is 6. The highest BCUT2D eigenvalue weighted by Gasteiger charge is 2.47. The number of alkyl halides is 2. The maximum atomic E-state index is 13.6. The van der Waals surface area contributed by atoms with Gasteiger partial charge in [0.25, 0.3) is 11.8 Å². The first-order valence-corrected chi connectivity index (χ1v) is 11.8. The number of benzene rings is 1. The molecule has 0 radical (unpaired) electrons. The maximum Gasteiger partial charge on any atom is 0.268 e. The average molecular weight is 513 g/mol. The molecule has 0 unspecified atom stereocenters. The molecule has 0 saturated carbocycles. The van der Waals surface area contributed by atoms with Gasteiger partial charge in [-0.3, -0.25) is 19.3 Å². The fourth-order valence-corrected chi connectivity index (χ4v) is 4.09. The van der Waals surface area contributed by atoms with E-state index in [0.29, 0.717) is 49.2 Å². The van der Waals surface area contributed by atoms with Crippen LogP contribution in [-0.2, 0) is 17.8 Å². The van der Waals surface area contributed by atoms with Gasteiger partial charge in [-0.2, -0.15) is 5.26 Å². The first-order chi connectivity index (χ1) is 17.8. The monoisotopic (exact) mass is 512 g/mol. The van der Waals surface area contributed by atoms with Gasteiger partial charge in [-0.15, -0.1) is 5.10 Å². The lowest BCUT2D eigenvalue weighted by molar-refractivity contribution is -0.131. The van der Waals surface area contributed by atoms with Gasteiger partial charge in [0.1, 0.15) is 11.8 Å². The third-order valence-electron chi connectivity index (χ3n) is 5.88. The van der Waals surface area contributed by atoms with Crippen LogP contribution in [-0.4, -0.2) is 74.9 Å². The van der Waals surface area contributed by atoms with Crippen molar-refractivity contribution in [3.05, 3.63) is 47.9 Å². The summed E-state index contributed by atoms with van der Waals surface area (Å²) >= 11 is 0. The minimum absolute atomic E-state index is 0.252. The summed E-state index contributed by atoms with van der Waals surface area (Å²) in [5.41, 5.74) is 7.15. The van der Waals surface area contributed by atoms with Gasteiger partial charge in [0.15, 0.2) is 0 Å². The lowest BCUT2D eigenvalue weighted by Crippen LogP contribution is -2.43. The molecule has 3 N–H and O–H groups in total. The highest BCUT2D eigenvalue weighted by molar-refractivity contribution is 6.07. The molecule has 1 aromatic carbocycles. The van der Waals surface area contributed by atoms with Gasteiger partial charge >= 0.3 is 0 Å². The minimum atomic E-state index is -3.12. The maximum absolute atomic E-state index is 13.6. The van der Waals surface area contributed by atoms with E-state index in [1.54, 1.807) is 29.0 Å². The van der Waals surface area contributed by atoms with Gasteiger partial charge in [0, 0.05) is 43.6 Å². The van der Waals surface area contributed by atoms with Crippen molar-refractivity contribution in [2.24, 2.45) is 5.73 Å². The van der Waals surface area contributed by atoms with Crippen LogP contribution in [0, 0.1) is 11.3 Å². The van der Waals surface area contributed by atoms with E-state index in [4.69, 9.17) is 15.7 Å². The molecule has 1 saturated heterocycles. The lowest BCUT2D eigenvalue weighted by Gasteiger charge is -2.19. The number of aromatic nitrogens is 4. The van der Waals surface area contributed by atoms with Crippen LogP contribution in [0.5, 0.6) is 5.75 Å². The van der Waals surface area contributed by atoms with Crippen LogP contribution in [0.15, 0.2) is 36.7 Å². The minimum Gasteiger partial charge on any atom is -0.494 e. The zero-order valence-corrected chi connectivity index (χ0v) is 19.9. The summed E-state index contributed by atoms with van der Waals surface area (Å²) in [6.07, 6.45) is 3.93. The predicted molar refractivity (Wildman–Crippen MR) is 128 cm³/mol. The van der Waals surface area contributed by atoms with Gasteiger partial charge in [-0.05, 0) is 30.8 Å². The van der Waals surface area contributed by atoms with Crippen molar-refractivity contribution in [1.29, 1.82) is 5.26 Å². The summed E-state index contributed by atoms with van der Waals surface area (Å²) in [6.45, 7) is 0.166. The Labute approximate surface area is 211 Å². The molecule has 3 aromatic rings. The summed E-state index contributed by atoms with van der Waals surface area (Å²) in [5, 5.41) is 20.1. The molecule has 2 amide bonds. The Hall–Kier alpha value is -4.18. The van der Waals surface area contributed by atoms with Crippen LogP contribution in [0.1, 0.15) is 28.9 Å². The molecule has 0 spiro atoms. The number of pyridine rings is 1. The van der Waals surface area contributed by atoms with Crippen LogP contribution in [0.25, 0.3) is 10.9 Å². The second-order valence-electron chi connectivity index (χ2n) is 8.66. The predicted octanol–water partition coefficient (Wildman–Crippen LogP) is 1.29. The topological polar surface area (TPSA) is 152 Å². The van der Waals surface area contributed by atoms with E-state index in [-0.39, 0.29) is 5.56 Å². The fraction of sp³-hybridized carbons (Fsp3) is 0.417. The molecule has 2 aromatic heterocycles. The van der Waals surface area contributed by atoms with Crippen molar-refractivity contribution in [1.82, 2.24) is 30.2 Å². The average Bonchev–Trinajstić information content (AvgIpc) is 3.47. The Balaban J connectivity index is 1.35. The van der Waals surface area contributed by atoms with E-state index in [0.717, 1.165) is 10.6 Å². The van der Waals surface area contributed by atoms with Gasteiger partial charge in [0.05, 0.1) is 42.5 Å². The lowest BCUT2D eigenvalue weighted by atomic mass is 10.1. The quantitative estimate of drug-likeness (QED) is 0.386. The summed E-state index contributed by atoms with van der Waals surface area (Å²) in [6, 6.07) is 7.13. The Morgan fingerprint density at radius 1 is 1.32 bits per heavy atom. The molecule has 0 aliphatic carbocycles. The molecule has 194 valence electrons.